The second-order valence-electron chi connectivity index (χ2n) is 4.59. The first-order valence-electron chi connectivity index (χ1n) is 5.94. The lowest BCUT2D eigenvalue weighted by Gasteiger charge is -2.23. The van der Waals surface area contributed by atoms with Gasteiger partial charge in [0.15, 0.2) is 0 Å². The molecule has 1 saturated carbocycles. The SMILES string of the molecule is C#CCCC(NCC)C1CCC(C)C1. The van der Waals surface area contributed by atoms with E-state index in [1.165, 1.54) is 19.3 Å². The molecule has 80 valence electrons. The van der Waals surface area contributed by atoms with E-state index in [1.54, 1.807) is 0 Å². The molecule has 14 heavy (non-hydrogen) atoms. The number of hydrogen-bond acceptors (Lipinski definition) is 1. The van der Waals surface area contributed by atoms with Crippen molar-refractivity contribution < 1.29 is 0 Å². The smallest absolute Gasteiger partial charge is 0.0104 e. The van der Waals surface area contributed by atoms with Crippen LogP contribution in [0.25, 0.3) is 0 Å². The van der Waals surface area contributed by atoms with Crippen molar-refractivity contribution in [1.29, 1.82) is 0 Å². The second kappa shape index (κ2) is 6.09. The Morgan fingerprint density at radius 1 is 1.50 bits per heavy atom. The topological polar surface area (TPSA) is 12.0 Å². The summed E-state index contributed by atoms with van der Waals surface area (Å²) < 4.78 is 0. The molecule has 1 aliphatic rings. The van der Waals surface area contributed by atoms with E-state index in [0.717, 1.165) is 31.2 Å². The highest BCUT2D eigenvalue weighted by Crippen LogP contribution is 2.33. The van der Waals surface area contributed by atoms with E-state index < -0.39 is 0 Å². The predicted octanol–water partition coefficient (Wildman–Crippen LogP) is 2.81. The third-order valence-electron chi connectivity index (χ3n) is 3.37. The van der Waals surface area contributed by atoms with Crippen LogP contribution in [0.3, 0.4) is 0 Å². The molecule has 1 nitrogen and oxygen atoms in total. The summed E-state index contributed by atoms with van der Waals surface area (Å²) in [5, 5.41) is 3.58. The fourth-order valence-electron chi connectivity index (χ4n) is 2.62. The minimum absolute atomic E-state index is 0.668. The zero-order valence-corrected chi connectivity index (χ0v) is 9.55. The number of terminal acetylenes is 1. The quantitative estimate of drug-likeness (QED) is 0.662. The van der Waals surface area contributed by atoms with Gasteiger partial charge < -0.3 is 5.32 Å². The molecule has 0 bridgehead atoms. The van der Waals surface area contributed by atoms with Crippen molar-refractivity contribution >= 4 is 0 Å². The maximum absolute atomic E-state index is 5.32. The van der Waals surface area contributed by atoms with Crippen molar-refractivity contribution in [3.05, 3.63) is 0 Å². The van der Waals surface area contributed by atoms with E-state index in [9.17, 15) is 0 Å². The lowest BCUT2D eigenvalue weighted by molar-refractivity contribution is 0.341. The molecule has 1 rings (SSSR count). The number of nitrogens with one attached hydrogen (secondary N) is 1. The molecule has 0 saturated heterocycles. The molecular weight excluding hydrogens is 170 g/mol. The van der Waals surface area contributed by atoms with Crippen molar-refractivity contribution in [2.75, 3.05) is 6.54 Å². The molecule has 0 radical (unpaired) electrons. The lowest BCUT2D eigenvalue weighted by atomic mass is 9.93. The fraction of sp³-hybridized carbons (Fsp3) is 0.846. The zero-order valence-electron chi connectivity index (χ0n) is 9.55. The summed E-state index contributed by atoms with van der Waals surface area (Å²) in [7, 11) is 0. The minimum Gasteiger partial charge on any atom is -0.314 e. The third-order valence-corrected chi connectivity index (χ3v) is 3.37. The molecule has 0 spiro atoms. The first-order chi connectivity index (χ1) is 6.77. The van der Waals surface area contributed by atoms with E-state index in [2.05, 4.69) is 25.1 Å². The van der Waals surface area contributed by atoms with Gasteiger partial charge in [-0.1, -0.05) is 20.3 Å². The summed E-state index contributed by atoms with van der Waals surface area (Å²) in [4.78, 5) is 0. The largest absolute Gasteiger partial charge is 0.314 e. The molecular formula is C13H23N. The Labute approximate surface area is 88.7 Å². The van der Waals surface area contributed by atoms with Gasteiger partial charge in [0, 0.05) is 12.5 Å². The molecule has 1 N–H and O–H groups in total. The predicted molar refractivity (Wildman–Crippen MR) is 62.0 cm³/mol. The van der Waals surface area contributed by atoms with Crippen molar-refractivity contribution in [1.82, 2.24) is 5.32 Å². The number of rotatable bonds is 5. The normalized spacial score (nSPS) is 28.6. The van der Waals surface area contributed by atoms with Gasteiger partial charge in [0.25, 0.3) is 0 Å². The van der Waals surface area contributed by atoms with Gasteiger partial charge in [-0.25, -0.2) is 0 Å². The van der Waals surface area contributed by atoms with Gasteiger partial charge in [-0.15, -0.1) is 12.3 Å². The van der Waals surface area contributed by atoms with E-state index in [-0.39, 0.29) is 0 Å². The van der Waals surface area contributed by atoms with Crippen molar-refractivity contribution in [3.63, 3.8) is 0 Å². The monoisotopic (exact) mass is 193 g/mol. The molecule has 0 heterocycles. The van der Waals surface area contributed by atoms with Crippen molar-refractivity contribution in [2.24, 2.45) is 11.8 Å². The highest BCUT2D eigenvalue weighted by atomic mass is 14.9. The Bertz CT molecular complexity index is 192. The van der Waals surface area contributed by atoms with Crippen LogP contribution in [-0.2, 0) is 0 Å². The van der Waals surface area contributed by atoms with Crippen LogP contribution in [-0.4, -0.2) is 12.6 Å². The molecule has 1 aliphatic carbocycles. The molecule has 0 aromatic rings. The number of hydrogen-bond donors (Lipinski definition) is 1. The van der Waals surface area contributed by atoms with Crippen LogP contribution in [0.1, 0.15) is 46.0 Å². The van der Waals surface area contributed by atoms with Gasteiger partial charge in [-0.05, 0) is 37.6 Å². The molecule has 3 atom stereocenters. The maximum atomic E-state index is 5.32. The second-order valence-corrected chi connectivity index (χ2v) is 4.59. The Balaban J connectivity index is 2.37. The van der Waals surface area contributed by atoms with E-state index in [1.807, 2.05) is 0 Å². The van der Waals surface area contributed by atoms with Gasteiger partial charge >= 0.3 is 0 Å². The molecule has 0 aromatic carbocycles. The molecule has 0 aromatic heterocycles. The Morgan fingerprint density at radius 3 is 2.79 bits per heavy atom. The van der Waals surface area contributed by atoms with E-state index >= 15 is 0 Å². The van der Waals surface area contributed by atoms with Crippen molar-refractivity contribution in [2.45, 2.75) is 52.0 Å². The standard InChI is InChI=1S/C13H23N/c1-4-6-7-13(14-5-2)12-9-8-11(3)10-12/h1,11-14H,5-10H2,2-3H3. The lowest BCUT2D eigenvalue weighted by Crippen LogP contribution is -2.35. The van der Waals surface area contributed by atoms with Crippen LogP contribution in [0, 0.1) is 24.2 Å². The van der Waals surface area contributed by atoms with Crippen LogP contribution in [0.5, 0.6) is 0 Å². The van der Waals surface area contributed by atoms with Crippen LogP contribution in [0.2, 0.25) is 0 Å². The summed E-state index contributed by atoms with van der Waals surface area (Å²) in [6.07, 6.45) is 11.6. The molecule has 0 aliphatic heterocycles. The summed E-state index contributed by atoms with van der Waals surface area (Å²) >= 11 is 0. The van der Waals surface area contributed by atoms with Gasteiger partial charge in [0.05, 0.1) is 0 Å². The first-order valence-corrected chi connectivity index (χ1v) is 5.94. The maximum Gasteiger partial charge on any atom is 0.0104 e. The van der Waals surface area contributed by atoms with Gasteiger partial charge in [0.1, 0.15) is 0 Å². The summed E-state index contributed by atoms with van der Waals surface area (Å²) in [5.41, 5.74) is 0. The van der Waals surface area contributed by atoms with Crippen molar-refractivity contribution in [3.8, 4) is 12.3 Å². The van der Waals surface area contributed by atoms with Crippen LogP contribution >= 0.6 is 0 Å². The van der Waals surface area contributed by atoms with Crippen LogP contribution in [0.15, 0.2) is 0 Å². The summed E-state index contributed by atoms with van der Waals surface area (Å²) in [6.45, 7) is 5.62. The fourth-order valence-corrected chi connectivity index (χ4v) is 2.62. The van der Waals surface area contributed by atoms with Crippen LogP contribution < -0.4 is 5.32 Å². The van der Waals surface area contributed by atoms with Gasteiger partial charge in [-0.2, -0.15) is 0 Å². The summed E-state index contributed by atoms with van der Waals surface area (Å²) in [6, 6.07) is 0.668. The Hall–Kier alpha value is -0.480. The Morgan fingerprint density at radius 2 is 2.29 bits per heavy atom. The first kappa shape index (κ1) is 11.6. The highest BCUT2D eigenvalue weighted by Gasteiger charge is 2.27. The zero-order chi connectivity index (χ0) is 10.4. The van der Waals surface area contributed by atoms with Gasteiger partial charge in [0.2, 0.25) is 0 Å². The molecule has 3 unspecified atom stereocenters. The molecule has 1 fully saturated rings. The molecule has 0 amide bonds. The van der Waals surface area contributed by atoms with Crippen LogP contribution in [0.4, 0.5) is 0 Å². The van der Waals surface area contributed by atoms with E-state index in [4.69, 9.17) is 6.42 Å². The average Bonchev–Trinajstić information content (AvgIpc) is 2.59. The molecule has 1 heteroatoms. The Kier molecular flexibility index (Phi) is 5.04. The highest BCUT2D eigenvalue weighted by molar-refractivity contribution is 4.89. The van der Waals surface area contributed by atoms with E-state index in [0.29, 0.717) is 6.04 Å². The average molecular weight is 193 g/mol. The third kappa shape index (κ3) is 3.35. The van der Waals surface area contributed by atoms with Gasteiger partial charge in [-0.3, -0.25) is 0 Å². The summed E-state index contributed by atoms with van der Waals surface area (Å²) in [5.74, 6) is 4.55. The minimum atomic E-state index is 0.668.